The Morgan fingerprint density at radius 2 is 1.77 bits per heavy atom. The second kappa shape index (κ2) is 9.43. The average molecular weight is 468 g/mol. The molecule has 0 atom stereocenters. The van der Waals surface area contributed by atoms with Crippen LogP contribution in [0.15, 0.2) is 41.3 Å². The molecule has 0 aliphatic carbocycles. The number of rotatable bonds is 6. The summed E-state index contributed by atoms with van der Waals surface area (Å²) < 4.78 is 25.4. The van der Waals surface area contributed by atoms with Crippen molar-refractivity contribution in [2.75, 3.05) is 38.3 Å². The number of anilines is 1. The highest BCUT2D eigenvalue weighted by Gasteiger charge is 2.26. The molecular formula is C21H26ClN3O3S2. The molecule has 1 aromatic heterocycles. The predicted molar refractivity (Wildman–Crippen MR) is 126 cm³/mol. The number of nitrogens with zero attached hydrogens (tertiary/aromatic N) is 3. The number of carbonyl (C=O) groups is 1. The molecule has 0 saturated carbocycles. The van der Waals surface area contributed by atoms with Gasteiger partial charge in [0.15, 0.2) is 15.0 Å². The first kappa shape index (κ1) is 24.3. The molecule has 0 saturated heterocycles. The van der Waals surface area contributed by atoms with Crippen LogP contribution in [0.25, 0.3) is 10.2 Å². The zero-order chi connectivity index (χ0) is 21.3. The summed E-state index contributed by atoms with van der Waals surface area (Å²) in [5.74, 6) is -0.360. The van der Waals surface area contributed by atoms with Gasteiger partial charge in [-0.05, 0) is 57.3 Å². The topological polar surface area (TPSA) is 70.6 Å². The van der Waals surface area contributed by atoms with Crippen LogP contribution in [0.3, 0.4) is 0 Å². The van der Waals surface area contributed by atoms with E-state index in [0.717, 1.165) is 27.6 Å². The number of halogens is 1. The highest BCUT2D eigenvalue weighted by molar-refractivity contribution is 7.90. The van der Waals surface area contributed by atoms with Gasteiger partial charge in [-0.25, -0.2) is 13.4 Å². The van der Waals surface area contributed by atoms with E-state index in [9.17, 15) is 13.2 Å². The van der Waals surface area contributed by atoms with Crippen LogP contribution in [0.5, 0.6) is 0 Å². The maximum Gasteiger partial charge on any atom is 0.261 e. The highest BCUT2D eigenvalue weighted by Crippen LogP contribution is 2.33. The van der Waals surface area contributed by atoms with Crippen LogP contribution in [-0.2, 0) is 9.84 Å². The molecule has 3 aromatic rings. The van der Waals surface area contributed by atoms with Crippen molar-refractivity contribution < 1.29 is 13.2 Å². The first-order valence-electron chi connectivity index (χ1n) is 9.21. The van der Waals surface area contributed by atoms with E-state index in [2.05, 4.69) is 12.1 Å². The van der Waals surface area contributed by atoms with Crippen LogP contribution < -0.4 is 4.90 Å². The minimum Gasteiger partial charge on any atom is -0.308 e. The molecule has 0 N–H and O–H groups in total. The van der Waals surface area contributed by atoms with Gasteiger partial charge in [0.1, 0.15) is 0 Å². The van der Waals surface area contributed by atoms with Gasteiger partial charge >= 0.3 is 0 Å². The van der Waals surface area contributed by atoms with Crippen LogP contribution in [0, 0.1) is 13.8 Å². The Hall–Kier alpha value is -2.00. The molecule has 0 bridgehead atoms. The number of likely N-dealkylation sites (N-methyl/N-ethyl adjacent to an activating group) is 1. The van der Waals surface area contributed by atoms with E-state index in [1.807, 2.05) is 32.8 Å². The fourth-order valence-electron chi connectivity index (χ4n) is 3.17. The zero-order valence-electron chi connectivity index (χ0n) is 17.7. The Bertz CT molecular complexity index is 1170. The van der Waals surface area contributed by atoms with Crippen molar-refractivity contribution in [3.63, 3.8) is 0 Å². The minimum absolute atomic E-state index is 0. The fourth-order valence-corrected chi connectivity index (χ4v) is 5.22. The molecule has 6 nitrogen and oxygen atoms in total. The first-order valence-corrected chi connectivity index (χ1v) is 11.9. The summed E-state index contributed by atoms with van der Waals surface area (Å²) in [5, 5.41) is 0.573. The van der Waals surface area contributed by atoms with E-state index >= 15 is 0 Å². The second-order valence-corrected chi connectivity index (χ2v) is 10.4. The minimum atomic E-state index is -3.54. The molecule has 0 unspecified atom stereocenters. The third-order valence-electron chi connectivity index (χ3n) is 4.58. The monoisotopic (exact) mass is 467 g/mol. The maximum atomic E-state index is 13.5. The van der Waals surface area contributed by atoms with Crippen molar-refractivity contribution in [3.05, 3.63) is 53.1 Å². The Labute approximate surface area is 187 Å². The molecule has 3 rings (SSSR count). The summed E-state index contributed by atoms with van der Waals surface area (Å²) >= 11 is 1.45. The molecule has 0 spiro atoms. The van der Waals surface area contributed by atoms with Crippen molar-refractivity contribution in [3.8, 4) is 0 Å². The van der Waals surface area contributed by atoms with Gasteiger partial charge in [0.25, 0.3) is 5.91 Å². The normalized spacial score (nSPS) is 11.5. The smallest absolute Gasteiger partial charge is 0.261 e. The Morgan fingerprint density at radius 1 is 1.10 bits per heavy atom. The van der Waals surface area contributed by atoms with Gasteiger partial charge in [0.2, 0.25) is 0 Å². The van der Waals surface area contributed by atoms with Crippen molar-refractivity contribution in [2.24, 2.45) is 0 Å². The lowest BCUT2D eigenvalue weighted by Gasteiger charge is -2.22. The van der Waals surface area contributed by atoms with Crippen LogP contribution in [0.1, 0.15) is 21.5 Å². The largest absolute Gasteiger partial charge is 0.308 e. The lowest BCUT2D eigenvalue weighted by Crippen LogP contribution is -2.37. The van der Waals surface area contributed by atoms with Gasteiger partial charge < -0.3 is 4.90 Å². The molecule has 0 aliphatic heterocycles. The van der Waals surface area contributed by atoms with E-state index in [4.69, 9.17) is 4.98 Å². The fraction of sp³-hybridized carbons (Fsp3) is 0.333. The lowest BCUT2D eigenvalue weighted by molar-refractivity contribution is 0.0982. The number of amides is 1. The Kier molecular flexibility index (Phi) is 7.63. The van der Waals surface area contributed by atoms with Gasteiger partial charge in [0.05, 0.1) is 20.7 Å². The number of sulfone groups is 1. The molecule has 0 fully saturated rings. The molecule has 30 heavy (non-hydrogen) atoms. The van der Waals surface area contributed by atoms with Crippen LogP contribution in [-0.4, -0.2) is 57.6 Å². The van der Waals surface area contributed by atoms with Crippen molar-refractivity contribution in [2.45, 2.75) is 18.7 Å². The number of benzene rings is 2. The maximum absolute atomic E-state index is 13.5. The predicted octanol–water partition coefficient (Wildman–Crippen LogP) is 3.95. The molecule has 0 aliphatic rings. The van der Waals surface area contributed by atoms with E-state index in [-0.39, 0.29) is 28.8 Å². The average Bonchev–Trinajstić information content (AvgIpc) is 3.04. The lowest BCUT2D eigenvalue weighted by atomic mass is 10.1. The van der Waals surface area contributed by atoms with Gasteiger partial charge in [0, 0.05) is 19.3 Å². The standard InChI is InChI=1S/C21H25N3O3S2.ClH/c1-14-12-15(2)19-17(13-14)28-21(22-19)24(11-10-23(3)4)20(25)16-8-6-7-9-18(16)29(5,26)27;/h6-9,12-13H,10-11H2,1-5H3;1H. The first-order chi connectivity index (χ1) is 13.6. The number of fused-ring (bicyclic) bond motifs is 1. The number of aryl methyl sites for hydroxylation is 2. The number of thiazole rings is 1. The molecular weight excluding hydrogens is 442 g/mol. The van der Waals surface area contributed by atoms with E-state index in [1.165, 1.54) is 17.4 Å². The van der Waals surface area contributed by atoms with Gasteiger partial charge in [-0.2, -0.15) is 0 Å². The van der Waals surface area contributed by atoms with Crippen molar-refractivity contribution in [1.29, 1.82) is 0 Å². The summed E-state index contributed by atoms with van der Waals surface area (Å²) in [5.41, 5.74) is 3.23. The molecule has 1 heterocycles. The molecule has 1 amide bonds. The third-order valence-corrected chi connectivity index (χ3v) is 6.76. The quantitative estimate of drug-likeness (QED) is 0.549. The summed E-state index contributed by atoms with van der Waals surface area (Å²) in [4.78, 5) is 21.8. The Balaban J connectivity index is 0.00000320. The summed E-state index contributed by atoms with van der Waals surface area (Å²) in [7, 11) is 0.322. The number of hydrogen-bond acceptors (Lipinski definition) is 6. The van der Waals surface area contributed by atoms with E-state index in [0.29, 0.717) is 18.2 Å². The molecule has 2 aromatic carbocycles. The van der Waals surface area contributed by atoms with Crippen molar-refractivity contribution in [1.82, 2.24) is 9.88 Å². The number of aromatic nitrogens is 1. The van der Waals surface area contributed by atoms with Crippen LogP contribution in [0.2, 0.25) is 0 Å². The van der Waals surface area contributed by atoms with Gasteiger partial charge in [-0.3, -0.25) is 9.69 Å². The summed E-state index contributed by atoms with van der Waals surface area (Å²) in [6.07, 6.45) is 1.12. The van der Waals surface area contributed by atoms with Gasteiger partial charge in [-0.1, -0.05) is 29.5 Å². The third kappa shape index (κ3) is 5.18. The van der Waals surface area contributed by atoms with E-state index in [1.54, 1.807) is 23.1 Å². The van der Waals surface area contributed by atoms with Crippen LogP contribution in [0.4, 0.5) is 5.13 Å². The van der Waals surface area contributed by atoms with Crippen LogP contribution >= 0.6 is 23.7 Å². The second-order valence-electron chi connectivity index (χ2n) is 7.45. The SMILES string of the molecule is Cc1cc(C)c2nc(N(CCN(C)C)C(=O)c3ccccc3S(C)(=O)=O)sc2c1.Cl. The van der Waals surface area contributed by atoms with E-state index < -0.39 is 9.84 Å². The molecule has 162 valence electrons. The molecule has 9 heteroatoms. The summed E-state index contributed by atoms with van der Waals surface area (Å²) in [6, 6.07) is 10.5. The van der Waals surface area contributed by atoms with Gasteiger partial charge in [-0.15, -0.1) is 12.4 Å². The summed E-state index contributed by atoms with van der Waals surface area (Å²) in [6.45, 7) is 5.06. The zero-order valence-corrected chi connectivity index (χ0v) is 20.1. The molecule has 0 radical (unpaired) electrons. The highest BCUT2D eigenvalue weighted by atomic mass is 35.5. The Morgan fingerprint density at radius 3 is 2.40 bits per heavy atom. The number of carbonyl (C=O) groups excluding carboxylic acids is 1. The number of hydrogen-bond donors (Lipinski definition) is 0. The van der Waals surface area contributed by atoms with Crippen molar-refractivity contribution >= 4 is 54.8 Å².